The average Bonchev–Trinajstić information content (AvgIpc) is 2.86. The van der Waals surface area contributed by atoms with Gasteiger partial charge < -0.3 is 19.7 Å². The van der Waals surface area contributed by atoms with E-state index in [1.807, 2.05) is 18.2 Å². The third-order valence-electron chi connectivity index (χ3n) is 3.28. The zero-order valence-electron chi connectivity index (χ0n) is 13.9. The molecule has 2 N–H and O–H groups in total. The SMILES string of the molecule is COc1ccc(Cc2nc(CO)n(CC(C)(C)O)n2)cc1OC. The van der Waals surface area contributed by atoms with Gasteiger partial charge in [0.1, 0.15) is 6.61 Å². The van der Waals surface area contributed by atoms with Gasteiger partial charge in [0.15, 0.2) is 23.1 Å². The Morgan fingerprint density at radius 1 is 1.17 bits per heavy atom. The second-order valence-electron chi connectivity index (χ2n) is 5.94. The van der Waals surface area contributed by atoms with Crippen LogP contribution in [0, 0.1) is 0 Å². The largest absolute Gasteiger partial charge is 0.493 e. The highest BCUT2D eigenvalue weighted by molar-refractivity contribution is 5.43. The predicted molar refractivity (Wildman–Crippen MR) is 84.6 cm³/mol. The Bertz CT molecular complexity index is 662. The molecule has 0 aliphatic rings. The van der Waals surface area contributed by atoms with Gasteiger partial charge in [-0.15, -0.1) is 0 Å². The standard InChI is InChI=1S/C16H23N3O4/c1-16(2,21)10-19-15(9-20)17-14(18-19)8-11-5-6-12(22-3)13(7-11)23-4/h5-7,20-21H,8-10H2,1-4H3. The molecule has 0 fully saturated rings. The minimum Gasteiger partial charge on any atom is -0.493 e. The molecular weight excluding hydrogens is 298 g/mol. The van der Waals surface area contributed by atoms with Gasteiger partial charge in [-0.3, -0.25) is 0 Å². The smallest absolute Gasteiger partial charge is 0.161 e. The van der Waals surface area contributed by atoms with Gasteiger partial charge in [-0.1, -0.05) is 6.07 Å². The van der Waals surface area contributed by atoms with E-state index in [1.54, 1.807) is 28.1 Å². The van der Waals surface area contributed by atoms with E-state index in [0.29, 0.717) is 29.6 Å². The van der Waals surface area contributed by atoms with Gasteiger partial charge in [0.05, 0.1) is 26.4 Å². The molecule has 1 heterocycles. The number of methoxy groups -OCH3 is 2. The number of aliphatic hydroxyl groups is 2. The lowest BCUT2D eigenvalue weighted by Gasteiger charge is -2.17. The molecule has 7 heteroatoms. The Kier molecular flexibility index (Phi) is 5.23. The number of hydrogen-bond acceptors (Lipinski definition) is 6. The van der Waals surface area contributed by atoms with Crippen molar-refractivity contribution >= 4 is 0 Å². The molecule has 0 radical (unpaired) electrons. The van der Waals surface area contributed by atoms with Crippen molar-refractivity contribution in [1.29, 1.82) is 0 Å². The van der Waals surface area contributed by atoms with Crippen molar-refractivity contribution in [3.63, 3.8) is 0 Å². The molecule has 0 saturated carbocycles. The van der Waals surface area contributed by atoms with Gasteiger partial charge in [-0.25, -0.2) is 9.67 Å². The summed E-state index contributed by atoms with van der Waals surface area (Å²) in [4.78, 5) is 4.32. The van der Waals surface area contributed by atoms with Crippen LogP contribution in [0.1, 0.15) is 31.1 Å². The highest BCUT2D eigenvalue weighted by Crippen LogP contribution is 2.28. The third kappa shape index (κ3) is 4.43. The van der Waals surface area contributed by atoms with Crippen molar-refractivity contribution < 1.29 is 19.7 Å². The van der Waals surface area contributed by atoms with E-state index in [9.17, 15) is 10.2 Å². The number of benzene rings is 1. The highest BCUT2D eigenvalue weighted by atomic mass is 16.5. The first-order valence-electron chi connectivity index (χ1n) is 7.33. The number of ether oxygens (including phenoxy) is 2. The van der Waals surface area contributed by atoms with E-state index in [-0.39, 0.29) is 13.2 Å². The van der Waals surface area contributed by atoms with Gasteiger partial charge in [0, 0.05) is 6.42 Å². The number of aliphatic hydroxyl groups excluding tert-OH is 1. The molecule has 0 unspecified atom stereocenters. The topological polar surface area (TPSA) is 89.6 Å². The maximum atomic E-state index is 9.92. The first kappa shape index (κ1) is 17.2. The van der Waals surface area contributed by atoms with Crippen LogP contribution in [-0.4, -0.2) is 44.8 Å². The van der Waals surface area contributed by atoms with Crippen molar-refractivity contribution in [2.75, 3.05) is 14.2 Å². The summed E-state index contributed by atoms with van der Waals surface area (Å²) in [5.74, 6) is 2.31. The van der Waals surface area contributed by atoms with Crippen LogP contribution in [0.15, 0.2) is 18.2 Å². The maximum Gasteiger partial charge on any atom is 0.161 e. The molecule has 0 aliphatic heterocycles. The molecule has 0 atom stereocenters. The van der Waals surface area contributed by atoms with Crippen molar-refractivity contribution in [2.24, 2.45) is 0 Å². The Morgan fingerprint density at radius 3 is 2.43 bits per heavy atom. The van der Waals surface area contributed by atoms with Crippen LogP contribution in [0.5, 0.6) is 11.5 Å². The monoisotopic (exact) mass is 321 g/mol. The zero-order valence-corrected chi connectivity index (χ0v) is 13.9. The predicted octanol–water partition coefficient (Wildman–Crippen LogP) is 1.15. The molecule has 23 heavy (non-hydrogen) atoms. The van der Waals surface area contributed by atoms with Crippen LogP contribution in [0.3, 0.4) is 0 Å². The molecule has 0 aliphatic carbocycles. The minimum absolute atomic E-state index is 0.227. The van der Waals surface area contributed by atoms with Gasteiger partial charge >= 0.3 is 0 Å². The second-order valence-corrected chi connectivity index (χ2v) is 5.94. The lowest BCUT2D eigenvalue weighted by Crippen LogP contribution is -2.27. The first-order chi connectivity index (χ1) is 10.9. The Labute approximate surface area is 135 Å². The van der Waals surface area contributed by atoms with Crippen molar-refractivity contribution in [3.8, 4) is 11.5 Å². The normalized spacial score (nSPS) is 11.6. The van der Waals surface area contributed by atoms with Crippen LogP contribution in [0.4, 0.5) is 0 Å². The molecule has 7 nitrogen and oxygen atoms in total. The summed E-state index contributed by atoms with van der Waals surface area (Å²) in [6.45, 7) is 3.41. The molecule has 2 aromatic rings. The van der Waals surface area contributed by atoms with Gasteiger partial charge in [0.2, 0.25) is 0 Å². The Balaban J connectivity index is 2.23. The summed E-state index contributed by atoms with van der Waals surface area (Å²) >= 11 is 0. The van der Waals surface area contributed by atoms with Crippen LogP contribution in [0.2, 0.25) is 0 Å². The van der Waals surface area contributed by atoms with E-state index < -0.39 is 5.60 Å². The molecular formula is C16H23N3O4. The van der Waals surface area contributed by atoms with E-state index >= 15 is 0 Å². The molecule has 0 saturated heterocycles. The average molecular weight is 321 g/mol. The quantitative estimate of drug-likeness (QED) is 0.795. The van der Waals surface area contributed by atoms with Crippen molar-refractivity contribution in [2.45, 2.75) is 39.0 Å². The fraction of sp³-hybridized carbons (Fsp3) is 0.500. The highest BCUT2D eigenvalue weighted by Gasteiger charge is 2.18. The number of hydrogen-bond donors (Lipinski definition) is 2. The van der Waals surface area contributed by atoms with Crippen LogP contribution >= 0.6 is 0 Å². The number of nitrogens with zero attached hydrogens (tertiary/aromatic N) is 3. The Hall–Kier alpha value is -2.12. The van der Waals surface area contributed by atoms with Crippen molar-refractivity contribution in [1.82, 2.24) is 14.8 Å². The molecule has 0 spiro atoms. The summed E-state index contributed by atoms with van der Waals surface area (Å²) in [5.41, 5.74) is 0.0330. The summed E-state index contributed by atoms with van der Waals surface area (Å²) < 4.78 is 12.0. The summed E-state index contributed by atoms with van der Waals surface area (Å²) in [5, 5.41) is 23.7. The van der Waals surface area contributed by atoms with E-state index in [2.05, 4.69) is 10.1 Å². The number of aromatic nitrogens is 3. The number of rotatable bonds is 7. The van der Waals surface area contributed by atoms with Crippen LogP contribution < -0.4 is 9.47 Å². The summed E-state index contributed by atoms with van der Waals surface area (Å²) in [6, 6.07) is 5.61. The van der Waals surface area contributed by atoms with Gasteiger partial charge in [-0.2, -0.15) is 5.10 Å². The lowest BCUT2D eigenvalue weighted by molar-refractivity contribution is 0.0551. The molecule has 1 aromatic carbocycles. The van der Waals surface area contributed by atoms with Crippen LogP contribution in [-0.2, 0) is 19.6 Å². The molecule has 0 amide bonds. The molecule has 0 bridgehead atoms. The first-order valence-corrected chi connectivity index (χ1v) is 7.33. The van der Waals surface area contributed by atoms with Gasteiger partial charge in [0.25, 0.3) is 0 Å². The van der Waals surface area contributed by atoms with Gasteiger partial charge in [-0.05, 0) is 31.5 Å². The molecule has 2 rings (SSSR count). The van der Waals surface area contributed by atoms with E-state index in [1.165, 1.54) is 4.68 Å². The minimum atomic E-state index is -0.932. The molecule has 126 valence electrons. The summed E-state index contributed by atoms with van der Waals surface area (Å²) in [6.07, 6.45) is 0.492. The van der Waals surface area contributed by atoms with E-state index in [0.717, 1.165) is 5.56 Å². The lowest BCUT2D eigenvalue weighted by atomic mass is 10.1. The third-order valence-corrected chi connectivity index (χ3v) is 3.28. The summed E-state index contributed by atoms with van der Waals surface area (Å²) in [7, 11) is 3.17. The molecule has 1 aromatic heterocycles. The van der Waals surface area contributed by atoms with Crippen molar-refractivity contribution in [3.05, 3.63) is 35.4 Å². The Morgan fingerprint density at radius 2 is 1.87 bits per heavy atom. The maximum absolute atomic E-state index is 9.92. The fourth-order valence-electron chi connectivity index (χ4n) is 2.28. The van der Waals surface area contributed by atoms with E-state index in [4.69, 9.17) is 9.47 Å². The second kappa shape index (κ2) is 6.97. The fourth-order valence-corrected chi connectivity index (χ4v) is 2.28. The zero-order chi connectivity index (χ0) is 17.0. The van der Waals surface area contributed by atoms with Crippen LogP contribution in [0.25, 0.3) is 0 Å².